The summed E-state index contributed by atoms with van der Waals surface area (Å²) in [5.74, 6) is -0.369. The molecule has 0 aromatic carbocycles. The third-order valence-electron chi connectivity index (χ3n) is 3.52. The minimum absolute atomic E-state index is 0.251. The van der Waals surface area contributed by atoms with Gasteiger partial charge in [-0.15, -0.1) is 0 Å². The highest BCUT2D eigenvalue weighted by Gasteiger charge is 2.52. The Bertz CT molecular complexity index is 304. The molecular weight excluding hydrogens is 221 g/mol. The summed E-state index contributed by atoms with van der Waals surface area (Å²) in [5.41, 5.74) is 4.09. The molecule has 2 heterocycles. The first-order chi connectivity index (χ1) is 7.33. The maximum absolute atomic E-state index is 12.6. The van der Waals surface area contributed by atoms with Crippen molar-refractivity contribution in [3.8, 4) is 0 Å². The number of alkyl halides is 3. The van der Waals surface area contributed by atoms with Crippen LogP contribution in [0.2, 0.25) is 0 Å². The molecule has 0 saturated carbocycles. The summed E-state index contributed by atoms with van der Waals surface area (Å²) in [4.78, 5) is 1.65. The van der Waals surface area contributed by atoms with Crippen LogP contribution in [0, 0.1) is 5.41 Å². The summed E-state index contributed by atoms with van der Waals surface area (Å²) in [7, 11) is 0. The number of nitrogens with one attached hydrogen (secondary N) is 2. The van der Waals surface area contributed by atoms with Crippen LogP contribution in [0.4, 0.5) is 13.2 Å². The molecule has 2 fully saturated rings. The first-order valence-corrected chi connectivity index (χ1v) is 5.23. The Morgan fingerprint density at radius 2 is 2.25 bits per heavy atom. The number of amidine groups is 1. The predicted octanol–water partition coefficient (Wildman–Crippen LogP) is 0.639. The van der Waals surface area contributed by atoms with E-state index in [1.165, 1.54) is 0 Å². The summed E-state index contributed by atoms with van der Waals surface area (Å²) in [6.45, 7) is 0.940. The summed E-state index contributed by atoms with van der Waals surface area (Å²) in [6.07, 6.45) is -4.36. The maximum atomic E-state index is 12.6. The normalized spacial score (nSPS) is 38.7. The quantitative estimate of drug-likeness (QED) is 0.487. The van der Waals surface area contributed by atoms with Gasteiger partial charge in [-0.1, -0.05) is 0 Å². The Balaban J connectivity index is 2.25. The van der Waals surface area contributed by atoms with E-state index in [2.05, 4.69) is 5.32 Å². The van der Waals surface area contributed by atoms with Crippen LogP contribution in [0.25, 0.3) is 0 Å². The third-order valence-corrected chi connectivity index (χ3v) is 3.52. The van der Waals surface area contributed by atoms with Gasteiger partial charge in [-0.05, 0) is 12.8 Å². The fourth-order valence-electron chi connectivity index (χ4n) is 2.66. The number of halogens is 3. The van der Waals surface area contributed by atoms with Gasteiger partial charge in [0.05, 0.1) is 12.0 Å². The van der Waals surface area contributed by atoms with Crippen LogP contribution in [-0.4, -0.2) is 41.7 Å². The van der Waals surface area contributed by atoms with Crippen LogP contribution in [0.15, 0.2) is 0 Å². The van der Waals surface area contributed by atoms with Crippen molar-refractivity contribution in [3.63, 3.8) is 0 Å². The molecule has 7 heteroatoms. The molecule has 0 aromatic heterocycles. The molecule has 2 saturated heterocycles. The molecule has 0 aromatic rings. The second-order valence-corrected chi connectivity index (χ2v) is 4.56. The molecule has 2 aliphatic rings. The van der Waals surface area contributed by atoms with Gasteiger partial charge in [-0.3, -0.25) is 10.3 Å². The Labute approximate surface area is 91.5 Å². The fraction of sp³-hybridized carbons (Fsp3) is 0.889. The predicted molar refractivity (Wildman–Crippen MR) is 53.0 cm³/mol. The molecule has 0 spiro atoms. The molecule has 2 rings (SSSR count). The van der Waals surface area contributed by atoms with Crippen LogP contribution in [-0.2, 0) is 0 Å². The molecule has 2 bridgehead atoms. The standard InChI is InChI=1S/C9H15F3N4/c10-9(11,12)4-8(7(13)14)2-1-6-3-16(8)5-15-6/h6,15H,1-5H2,(H3,13,14). The van der Waals surface area contributed by atoms with Crippen LogP contribution >= 0.6 is 0 Å². The summed E-state index contributed by atoms with van der Waals surface area (Å²) in [5, 5.41) is 10.6. The van der Waals surface area contributed by atoms with Gasteiger partial charge in [0, 0.05) is 19.3 Å². The number of nitrogens with two attached hydrogens (primary N) is 1. The van der Waals surface area contributed by atoms with E-state index in [-0.39, 0.29) is 11.9 Å². The minimum Gasteiger partial charge on any atom is -0.386 e. The van der Waals surface area contributed by atoms with Crippen molar-refractivity contribution in [2.24, 2.45) is 5.73 Å². The van der Waals surface area contributed by atoms with E-state index in [1.54, 1.807) is 4.90 Å². The average Bonchev–Trinajstić information content (AvgIpc) is 2.53. The molecular formula is C9H15F3N4. The molecule has 4 N–H and O–H groups in total. The Morgan fingerprint density at radius 1 is 1.56 bits per heavy atom. The smallest absolute Gasteiger partial charge is 0.386 e. The first-order valence-electron chi connectivity index (χ1n) is 5.23. The van der Waals surface area contributed by atoms with E-state index in [0.717, 1.165) is 0 Å². The van der Waals surface area contributed by atoms with Crippen LogP contribution in [0.3, 0.4) is 0 Å². The second-order valence-electron chi connectivity index (χ2n) is 4.56. The van der Waals surface area contributed by atoms with Gasteiger partial charge in [-0.2, -0.15) is 13.2 Å². The van der Waals surface area contributed by atoms with Crippen molar-refractivity contribution in [1.29, 1.82) is 5.41 Å². The molecule has 4 nitrogen and oxygen atoms in total. The van der Waals surface area contributed by atoms with Gasteiger partial charge >= 0.3 is 6.18 Å². The largest absolute Gasteiger partial charge is 0.391 e. The maximum Gasteiger partial charge on any atom is 0.391 e. The van der Waals surface area contributed by atoms with Crippen LogP contribution in [0.5, 0.6) is 0 Å². The van der Waals surface area contributed by atoms with E-state index < -0.39 is 18.1 Å². The zero-order valence-corrected chi connectivity index (χ0v) is 8.77. The highest BCUT2D eigenvalue weighted by molar-refractivity contribution is 5.87. The van der Waals surface area contributed by atoms with E-state index in [0.29, 0.717) is 26.1 Å². The minimum atomic E-state index is -4.29. The number of rotatable bonds is 2. The molecule has 2 aliphatic heterocycles. The topological polar surface area (TPSA) is 65.1 Å². The number of hydrogen-bond donors (Lipinski definition) is 3. The summed E-state index contributed by atoms with van der Waals surface area (Å²) < 4.78 is 37.7. The molecule has 0 radical (unpaired) electrons. The van der Waals surface area contributed by atoms with Crippen molar-refractivity contribution >= 4 is 5.84 Å². The van der Waals surface area contributed by atoms with Crippen molar-refractivity contribution in [3.05, 3.63) is 0 Å². The Morgan fingerprint density at radius 3 is 2.81 bits per heavy atom. The van der Waals surface area contributed by atoms with Crippen molar-refractivity contribution in [2.75, 3.05) is 13.2 Å². The number of hydrogen-bond acceptors (Lipinski definition) is 3. The lowest BCUT2D eigenvalue weighted by atomic mass is 9.82. The van der Waals surface area contributed by atoms with Crippen LogP contribution in [0.1, 0.15) is 19.3 Å². The summed E-state index contributed by atoms with van der Waals surface area (Å²) >= 11 is 0. The lowest BCUT2D eigenvalue weighted by Crippen LogP contribution is -2.60. The monoisotopic (exact) mass is 236 g/mol. The van der Waals surface area contributed by atoms with E-state index in [1.807, 2.05) is 0 Å². The molecule has 16 heavy (non-hydrogen) atoms. The van der Waals surface area contributed by atoms with Crippen molar-refractivity contribution < 1.29 is 13.2 Å². The van der Waals surface area contributed by atoms with Gasteiger partial charge in [-0.25, -0.2) is 0 Å². The van der Waals surface area contributed by atoms with Gasteiger partial charge in [0.15, 0.2) is 0 Å². The van der Waals surface area contributed by atoms with Crippen molar-refractivity contribution in [1.82, 2.24) is 10.2 Å². The number of piperidine rings is 1. The number of nitrogens with zero attached hydrogens (tertiary/aromatic N) is 1. The highest BCUT2D eigenvalue weighted by Crippen LogP contribution is 2.39. The van der Waals surface area contributed by atoms with Gasteiger partial charge in [0.2, 0.25) is 0 Å². The molecule has 0 aliphatic carbocycles. The second kappa shape index (κ2) is 3.59. The zero-order chi connectivity index (χ0) is 12.0. The lowest BCUT2D eigenvalue weighted by Gasteiger charge is -2.43. The van der Waals surface area contributed by atoms with Gasteiger partial charge < -0.3 is 11.1 Å². The SMILES string of the molecule is N=C(N)C1(CC(F)(F)F)CCC2CN1CN2. The first kappa shape index (κ1) is 11.7. The highest BCUT2D eigenvalue weighted by atomic mass is 19.4. The molecule has 3 unspecified atom stereocenters. The van der Waals surface area contributed by atoms with Crippen molar-refractivity contribution in [2.45, 2.75) is 37.0 Å². The Hall–Kier alpha value is -0.820. The van der Waals surface area contributed by atoms with Gasteiger partial charge in [0.1, 0.15) is 5.84 Å². The lowest BCUT2D eigenvalue weighted by molar-refractivity contribution is -0.156. The average molecular weight is 236 g/mol. The molecule has 92 valence electrons. The zero-order valence-electron chi connectivity index (χ0n) is 8.77. The fourth-order valence-corrected chi connectivity index (χ4v) is 2.66. The molecule has 3 atom stereocenters. The van der Waals surface area contributed by atoms with Crippen LogP contribution < -0.4 is 11.1 Å². The number of fused-ring (bicyclic) bond motifs is 2. The molecule has 0 amide bonds. The third kappa shape index (κ3) is 1.89. The Kier molecular flexibility index (Phi) is 2.62. The van der Waals surface area contributed by atoms with E-state index in [9.17, 15) is 13.2 Å². The van der Waals surface area contributed by atoms with E-state index in [4.69, 9.17) is 11.1 Å². The van der Waals surface area contributed by atoms with E-state index >= 15 is 0 Å². The summed E-state index contributed by atoms with van der Waals surface area (Å²) in [6, 6.07) is 0.251. The van der Waals surface area contributed by atoms with Gasteiger partial charge in [0.25, 0.3) is 0 Å².